The Hall–Kier alpha value is -2.11. The zero-order valence-corrected chi connectivity index (χ0v) is 9.93. The predicted molar refractivity (Wildman–Crippen MR) is 64.6 cm³/mol. The number of nitrogens with zero attached hydrogens (tertiary/aromatic N) is 2. The summed E-state index contributed by atoms with van der Waals surface area (Å²) in [5, 5.41) is 2.99. The molecule has 1 aromatic rings. The third-order valence-corrected chi connectivity index (χ3v) is 2.19. The molecule has 0 aliphatic heterocycles. The first kappa shape index (κ1) is 13.0. The molecule has 6 nitrogen and oxygen atoms in total. The Labute approximate surface area is 99.8 Å². The van der Waals surface area contributed by atoms with E-state index in [1.165, 1.54) is 11.1 Å². The lowest BCUT2D eigenvalue weighted by Gasteiger charge is -2.10. The molecule has 92 valence electrons. The standard InChI is InChI=1S/C11H16N4O2/c1-15(2)10(16)5-6-13-9-4-3-8(7-14-9)11(12)17/h3-4,7H,5-6H2,1-2H3,(H2,12,17)(H,13,14). The lowest BCUT2D eigenvalue weighted by atomic mass is 10.3. The second kappa shape index (κ2) is 5.83. The normalized spacial score (nSPS) is 9.76. The average molecular weight is 236 g/mol. The molecule has 0 unspecified atom stereocenters. The molecule has 0 atom stereocenters. The van der Waals surface area contributed by atoms with E-state index in [2.05, 4.69) is 10.3 Å². The molecule has 0 fully saturated rings. The molecule has 0 radical (unpaired) electrons. The molecule has 6 heteroatoms. The third-order valence-electron chi connectivity index (χ3n) is 2.19. The Morgan fingerprint density at radius 1 is 1.41 bits per heavy atom. The van der Waals surface area contributed by atoms with Crippen molar-refractivity contribution in [1.29, 1.82) is 0 Å². The fraction of sp³-hybridized carbons (Fsp3) is 0.364. The number of anilines is 1. The van der Waals surface area contributed by atoms with Crippen molar-refractivity contribution in [3.05, 3.63) is 23.9 Å². The van der Waals surface area contributed by atoms with Crippen LogP contribution in [0.5, 0.6) is 0 Å². The first-order chi connectivity index (χ1) is 8.00. The van der Waals surface area contributed by atoms with Crippen LogP contribution in [0.1, 0.15) is 16.8 Å². The molecule has 1 rings (SSSR count). The summed E-state index contributed by atoms with van der Waals surface area (Å²) in [5.74, 6) is 0.152. The third kappa shape index (κ3) is 4.10. The topological polar surface area (TPSA) is 88.3 Å². The number of primary amides is 1. The molecule has 3 N–H and O–H groups in total. The van der Waals surface area contributed by atoms with E-state index in [0.29, 0.717) is 24.3 Å². The van der Waals surface area contributed by atoms with Crippen LogP contribution in [0.25, 0.3) is 0 Å². The fourth-order valence-electron chi connectivity index (χ4n) is 1.17. The number of amides is 2. The maximum absolute atomic E-state index is 11.3. The number of carbonyl (C=O) groups is 2. The largest absolute Gasteiger partial charge is 0.370 e. The van der Waals surface area contributed by atoms with Gasteiger partial charge in [0.25, 0.3) is 0 Å². The van der Waals surface area contributed by atoms with E-state index < -0.39 is 5.91 Å². The summed E-state index contributed by atoms with van der Waals surface area (Å²) >= 11 is 0. The van der Waals surface area contributed by atoms with E-state index in [4.69, 9.17) is 5.73 Å². The first-order valence-corrected chi connectivity index (χ1v) is 5.20. The summed E-state index contributed by atoms with van der Waals surface area (Å²) in [6, 6.07) is 3.24. The van der Waals surface area contributed by atoms with Crippen LogP contribution in [0, 0.1) is 0 Å². The summed E-state index contributed by atoms with van der Waals surface area (Å²) in [5.41, 5.74) is 5.45. The molecular formula is C11H16N4O2. The van der Waals surface area contributed by atoms with Crippen molar-refractivity contribution in [2.45, 2.75) is 6.42 Å². The van der Waals surface area contributed by atoms with E-state index in [9.17, 15) is 9.59 Å². The summed E-state index contributed by atoms with van der Waals surface area (Å²) in [4.78, 5) is 27.6. The number of aromatic nitrogens is 1. The van der Waals surface area contributed by atoms with Gasteiger partial charge in [0.05, 0.1) is 5.56 Å². The monoisotopic (exact) mass is 236 g/mol. The van der Waals surface area contributed by atoms with E-state index >= 15 is 0 Å². The van der Waals surface area contributed by atoms with Gasteiger partial charge in [0.2, 0.25) is 11.8 Å². The van der Waals surface area contributed by atoms with Crippen LogP contribution in [0.2, 0.25) is 0 Å². The number of carbonyl (C=O) groups excluding carboxylic acids is 2. The molecule has 0 saturated carbocycles. The van der Waals surface area contributed by atoms with Crippen LogP contribution in [-0.4, -0.2) is 42.3 Å². The highest BCUT2D eigenvalue weighted by atomic mass is 16.2. The lowest BCUT2D eigenvalue weighted by molar-refractivity contribution is -0.128. The van der Waals surface area contributed by atoms with Gasteiger partial charge < -0.3 is 16.0 Å². The van der Waals surface area contributed by atoms with E-state index in [0.717, 1.165) is 0 Å². The van der Waals surface area contributed by atoms with Gasteiger partial charge in [-0.2, -0.15) is 0 Å². The van der Waals surface area contributed by atoms with Crippen molar-refractivity contribution >= 4 is 17.6 Å². The number of nitrogens with one attached hydrogen (secondary N) is 1. The molecule has 2 amide bonds. The van der Waals surface area contributed by atoms with Gasteiger partial charge in [-0.3, -0.25) is 9.59 Å². The number of hydrogen-bond donors (Lipinski definition) is 2. The van der Waals surface area contributed by atoms with Gasteiger partial charge in [-0.15, -0.1) is 0 Å². The van der Waals surface area contributed by atoms with Crippen LogP contribution < -0.4 is 11.1 Å². The minimum Gasteiger partial charge on any atom is -0.370 e. The predicted octanol–water partition coefficient (Wildman–Crippen LogP) is 0.0707. The number of nitrogens with two attached hydrogens (primary N) is 1. The minimum atomic E-state index is -0.508. The summed E-state index contributed by atoms with van der Waals surface area (Å²) in [7, 11) is 3.42. The zero-order chi connectivity index (χ0) is 12.8. The Kier molecular flexibility index (Phi) is 4.45. The molecule has 1 aromatic heterocycles. The molecule has 0 spiro atoms. The molecule has 17 heavy (non-hydrogen) atoms. The first-order valence-electron chi connectivity index (χ1n) is 5.20. The number of hydrogen-bond acceptors (Lipinski definition) is 4. The highest BCUT2D eigenvalue weighted by Gasteiger charge is 2.04. The summed E-state index contributed by atoms with van der Waals surface area (Å²) in [6.45, 7) is 0.500. The van der Waals surface area contributed by atoms with Gasteiger partial charge in [0.15, 0.2) is 0 Å². The molecular weight excluding hydrogens is 220 g/mol. The van der Waals surface area contributed by atoms with E-state index in [1.807, 2.05) is 0 Å². The molecule has 0 aliphatic rings. The van der Waals surface area contributed by atoms with Crippen molar-refractivity contribution in [2.24, 2.45) is 5.73 Å². The van der Waals surface area contributed by atoms with Crippen LogP contribution in [0.15, 0.2) is 18.3 Å². The second-order valence-electron chi connectivity index (χ2n) is 3.76. The van der Waals surface area contributed by atoms with Gasteiger partial charge >= 0.3 is 0 Å². The van der Waals surface area contributed by atoms with Crippen molar-refractivity contribution in [2.75, 3.05) is 26.0 Å². The van der Waals surface area contributed by atoms with Gasteiger partial charge in [-0.05, 0) is 12.1 Å². The maximum Gasteiger partial charge on any atom is 0.250 e. The Morgan fingerprint density at radius 3 is 2.59 bits per heavy atom. The van der Waals surface area contributed by atoms with Gasteiger partial charge in [-0.25, -0.2) is 4.98 Å². The van der Waals surface area contributed by atoms with Crippen molar-refractivity contribution in [1.82, 2.24) is 9.88 Å². The summed E-state index contributed by atoms with van der Waals surface area (Å²) in [6.07, 6.45) is 1.80. The highest BCUT2D eigenvalue weighted by Crippen LogP contribution is 2.04. The zero-order valence-electron chi connectivity index (χ0n) is 9.93. The Balaban J connectivity index is 2.42. The van der Waals surface area contributed by atoms with Crippen LogP contribution in [0.3, 0.4) is 0 Å². The van der Waals surface area contributed by atoms with E-state index in [1.54, 1.807) is 26.2 Å². The average Bonchev–Trinajstić information content (AvgIpc) is 2.29. The fourth-order valence-corrected chi connectivity index (χ4v) is 1.17. The molecule has 1 heterocycles. The molecule has 0 bridgehead atoms. The second-order valence-corrected chi connectivity index (χ2v) is 3.76. The molecule has 0 saturated heterocycles. The number of rotatable bonds is 5. The van der Waals surface area contributed by atoms with Crippen LogP contribution >= 0.6 is 0 Å². The highest BCUT2D eigenvalue weighted by molar-refractivity contribution is 5.92. The van der Waals surface area contributed by atoms with Crippen molar-refractivity contribution in [3.8, 4) is 0 Å². The van der Waals surface area contributed by atoms with Gasteiger partial charge in [0, 0.05) is 33.3 Å². The molecule has 0 aliphatic carbocycles. The lowest BCUT2D eigenvalue weighted by Crippen LogP contribution is -2.24. The summed E-state index contributed by atoms with van der Waals surface area (Å²) < 4.78 is 0. The Morgan fingerprint density at radius 2 is 2.12 bits per heavy atom. The van der Waals surface area contributed by atoms with Crippen LogP contribution in [-0.2, 0) is 4.79 Å². The van der Waals surface area contributed by atoms with Crippen molar-refractivity contribution in [3.63, 3.8) is 0 Å². The quantitative estimate of drug-likeness (QED) is 0.757. The molecule has 0 aromatic carbocycles. The van der Waals surface area contributed by atoms with Crippen LogP contribution in [0.4, 0.5) is 5.82 Å². The van der Waals surface area contributed by atoms with E-state index in [-0.39, 0.29) is 5.91 Å². The SMILES string of the molecule is CN(C)C(=O)CCNc1ccc(C(N)=O)cn1. The van der Waals surface area contributed by atoms with Gasteiger partial charge in [-0.1, -0.05) is 0 Å². The maximum atomic E-state index is 11.3. The smallest absolute Gasteiger partial charge is 0.250 e. The Bertz CT molecular complexity index is 400. The minimum absolute atomic E-state index is 0.0475. The number of pyridine rings is 1. The van der Waals surface area contributed by atoms with Gasteiger partial charge in [0.1, 0.15) is 5.82 Å². The van der Waals surface area contributed by atoms with Crippen molar-refractivity contribution < 1.29 is 9.59 Å².